The standard InChI is InChI=1S/C15H20ClN3/c1-10(2)19-9-15(11(3)18-19)14-7-13(16)6-5-12(14)8-17-4/h5-7,9-10,17H,8H2,1-4H3. The van der Waals surface area contributed by atoms with Crippen molar-refractivity contribution < 1.29 is 0 Å². The van der Waals surface area contributed by atoms with Crippen LogP contribution in [0.2, 0.25) is 5.02 Å². The Labute approximate surface area is 119 Å². The molecule has 0 saturated carbocycles. The van der Waals surface area contributed by atoms with Crippen molar-refractivity contribution in [3.05, 3.63) is 40.7 Å². The highest BCUT2D eigenvalue weighted by Crippen LogP contribution is 2.30. The van der Waals surface area contributed by atoms with E-state index in [0.29, 0.717) is 6.04 Å². The molecule has 0 saturated heterocycles. The molecular weight excluding hydrogens is 258 g/mol. The molecule has 3 nitrogen and oxygen atoms in total. The molecule has 0 fully saturated rings. The number of aryl methyl sites for hydroxylation is 1. The summed E-state index contributed by atoms with van der Waals surface area (Å²) < 4.78 is 1.99. The lowest BCUT2D eigenvalue weighted by atomic mass is 10.0. The molecule has 0 amide bonds. The van der Waals surface area contributed by atoms with Crippen LogP contribution in [-0.4, -0.2) is 16.8 Å². The number of hydrogen-bond acceptors (Lipinski definition) is 2. The molecule has 0 atom stereocenters. The first-order valence-electron chi connectivity index (χ1n) is 6.52. The van der Waals surface area contributed by atoms with Gasteiger partial charge in [-0.3, -0.25) is 4.68 Å². The molecule has 0 aliphatic rings. The van der Waals surface area contributed by atoms with Crippen LogP contribution in [0.25, 0.3) is 11.1 Å². The Morgan fingerprint density at radius 1 is 1.32 bits per heavy atom. The van der Waals surface area contributed by atoms with Gasteiger partial charge in [-0.1, -0.05) is 17.7 Å². The maximum absolute atomic E-state index is 6.14. The third-order valence-corrected chi connectivity index (χ3v) is 3.41. The molecule has 1 heterocycles. The van der Waals surface area contributed by atoms with Crippen LogP contribution in [0.3, 0.4) is 0 Å². The topological polar surface area (TPSA) is 29.9 Å². The van der Waals surface area contributed by atoms with Crippen molar-refractivity contribution in [1.29, 1.82) is 0 Å². The third kappa shape index (κ3) is 2.99. The maximum Gasteiger partial charge on any atom is 0.0672 e. The van der Waals surface area contributed by atoms with Gasteiger partial charge in [-0.25, -0.2) is 0 Å². The molecule has 0 aliphatic heterocycles. The van der Waals surface area contributed by atoms with Crippen molar-refractivity contribution in [3.8, 4) is 11.1 Å². The molecule has 0 unspecified atom stereocenters. The van der Waals surface area contributed by atoms with Crippen LogP contribution in [-0.2, 0) is 6.54 Å². The van der Waals surface area contributed by atoms with Crippen molar-refractivity contribution in [3.63, 3.8) is 0 Å². The van der Waals surface area contributed by atoms with Gasteiger partial charge in [0.25, 0.3) is 0 Å². The molecule has 0 bridgehead atoms. The van der Waals surface area contributed by atoms with Gasteiger partial charge in [-0.05, 0) is 51.1 Å². The van der Waals surface area contributed by atoms with Crippen LogP contribution >= 0.6 is 11.6 Å². The SMILES string of the molecule is CNCc1ccc(Cl)cc1-c1cn(C(C)C)nc1C. The zero-order chi connectivity index (χ0) is 14.0. The summed E-state index contributed by atoms with van der Waals surface area (Å²) in [5.41, 5.74) is 4.58. The Kier molecular flexibility index (Phi) is 4.27. The first kappa shape index (κ1) is 14.1. The van der Waals surface area contributed by atoms with E-state index in [0.717, 1.165) is 28.4 Å². The summed E-state index contributed by atoms with van der Waals surface area (Å²) in [7, 11) is 1.95. The molecular formula is C15H20ClN3. The van der Waals surface area contributed by atoms with Crippen molar-refractivity contribution in [2.75, 3.05) is 7.05 Å². The Balaban J connectivity index is 2.53. The van der Waals surface area contributed by atoms with E-state index in [9.17, 15) is 0 Å². The summed E-state index contributed by atoms with van der Waals surface area (Å²) in [6.07, 6.45) is 2.10. The van der Waals surface area contributed by atoms with E-state index in [1.54, 1.807) is 0 Å². The van der Waals surface area contributed by atoms with Gasteiger partial charge in [-0.15, -0.1) is 0 Å². The average molecular weight is 278 g/mol. The lowest BCUT2D eigenvalue weighted by molar-refractivity contribution is 0.529. The quantitative estimate of drug-likeness (QED) is 0.921. The third-order valence-electron chi connectivity index (χ3n) is 3.18. The highest BCUT2D eigenvalue weighted by Gasteiger charge is 2.13. The summed E-state index contributed by atoms with van der Waals surface area (Å²) in [5.74, 6) is 0. The fraction of sp³-hybridized carbons (Fsp3) is 0.400. The predicted molar refractivity (Wildman–Crippen MR) is 80.6 cm³/mol. The van der Waals surface area contributed by atoms with Gasteiger partial charge in [0.2, 0.25) is 0 Å². The minimum absolute atomic E-state index is 0.361. The minimum Gasteiger partial charge on any atom is -0.316 e. The monoisotopic (exact) mass is 277 g/mol. The number of nitrogens with one attached hydrogen (secondary N) is 1. The van der Waals surface area contributed by atoms with E-state index in [-0.39, 0.29) is 0 Å². The van der Waals surface area contributed by atoms with Gasteiger partial charge in [-0.2, -0.15) is 5.10 Å². The Morgan fingerprint density at radius 2 is 2.05 bits per heavy atom. The molecule has 19 heavy (non-hydrogen) atoms. The number of hydrogen-bond donors (Lipinski definition) is 1. The lowest BCUT2D eigenvalue weighted by Crippen LogP contribution is -2.06. The van der Waals surface area contributed by atoms with Gasteiger partial charge >= 0.3 is 0 Å². The van der Waals surface area contributed by atoms with Gasteiger partial charge in [0.05, 0.1) is 5.69 Å². The Bertz CT molecular complexity index is 573. The predicted octanol–water partition coefficient (Wildman–Crippen LogP) is 3.81. The molecule has 0 aliphatic carbocycles. The summed E-state index contributed by atoms with van der Waals surface area (Å²) >= 11 is 6.14. The number of benzene rings is 1. The summed E-state index contributed by atoms with van der Waals surface area (Å²) in [6.45, 7) is 7.11. The highest BCUT2D eigenvalue weighted by atomic mass is 35.5. The molecule has 1 aromatic heterocycles. The molecule has 2 aromatic rings. The Morgan fingerprint density at radius 3 is 2.63 bits per heavy atom. The largest absolute Gasteiger partial charge is 0.316 e. The second-order valence-corrected chi connectivity index (χ2v) is 5.47. The van der Waals surface area contributed by atoms with E-state index < -0.39 is 0 Å². The number of halogens is 1. The van der Waals surface area contributed by atoms with Gasteiger partial charge in [0.1, 0.15) is 0 Å². The number of rotatable bonds is 4. The fourth-order valence-corrected chi connectivity index (χ4v) is 2.33. The normalized spacial score (nSPS) is 11.3. The van der Waals surface area contributed by atoms with Crippen LogP contribution < -0.4 is 5.32 Å². The van der Waals surface area contributed by atoms with Crippen LogP contribution in [0, 0.1) is 6.92 Å². The smallest absolute Gasteiger partial charge is 0.0672 e. The summed E-state index contributed by atoms with van der Waals surface area (Å²) in [5, 5.41) is 8.52. The van der Waals surface area contributed by atoms with Crippen molar-refractivity contribution in [2.24, 2.45) is 0 Å². The molecule has 102 valence electrons. The van der Waals surface area contributed by atoms with Gasteiger partial charge in [0, 0.05) is 29.4 Å². The zero-order valence-electron chi connectivity index (χ0n) is 11.9. The second-order valence-electron chi connectivity index (χ2n) is 5.03. The summed E-state index contributed by atoms with van der Waals surface area (Å²) in [6, 6.07) is 6.38. The first-order valence-corrected chi connectivity index (χ1v) is 6.90. The molecule has 4 heteroatoms. The van der Waals surface area contributed by atoms with Crippen molar-refractivity contribution in [2.45, 2.75) is 33.4 Å². The van der Waals surface area contributed by atoms with Crippen molar-refractivity contribution in [1.82, 2.24) is 15.1 Å². The minimum atomic E-state index is 0.361. The van der Waals surface area contributed by atoms with Crippen LogP contribution in [0.15, 0.2) is 24.4 Å². The molecule has 0 spiro atoms. The van der Waals surface area contributed by atoms with Gasteiger partial charge in [0.15, 0.2) is 0 Å². The second kappa shape index (κ2) is 5.76. The van der Waals surface area contributed by atoms with E-state index in [1.165, 1.54) is 5.56 Å². The highest BCUT2D eigenvalue weighted by molar-refractivity contribution is 6.30. The number of aromatic nitrogens is 2. The number of nitrogens with zero attached hydrogens (tertiary/aromatic N) is 2. The zero-order valence-corrected chi connectivity index (χ0v) is 12.6. The van der Waals surface area contributed by atoms with Crippen LogP contribution in [0.1, 0.15) is 31.1 Å². The van der Waals surface area contributed by atoms with Crippen molar-refractivity contribution >= 4 is 11.6 Å². The Hall–Kier alpha value is -1.32. The van der Waals surface area contributed by atoms with Gasteiger partial charge < -0.3 is 5.32 Å². The maximum atomic E-state index is 6.14. The van der Waals surface area contributed by atoms with E-state index in [2.05, 4.69) is 36.5 Å². The van der Waals surface area contributed by atoms with Crippen LogP contribution in [0.5, 0.6) is 0 Å². The van der Waals surface area contributed by atoms with E-state index in [1.807, 2.05) is 30.8 Å². The lowest BCUT2D eigenvalue weighted by Gasteiger charge is -2.09. The first-order chi connectivity index (χ1) is 9.02. The molecule has 1 N–H and O–H groups in total. The molecule has 2 rings (SSSR count). The summed E-state index contributed by atoms with van der Waals surface area (Å²) in [4.78, 5) is 0. The molecule has 1 aromatic carbocycles. The average Bonchev–Trinajstić information content (AvgIpc) is 2.74. The van der Waals surface area contributed by atoms with E-state index in [4.69, 9.17) is 11.6 Å². The fourth-order valence-electron chi connectivity index (χ4n) is 2.15. The van der Waals surface area contributed by atoms with Crippen LogP contribution in [0.4, 0.5) is 0 Å². The van der Waals surface area contributed by atoms with E-state index >= 15 is 0 Å². The molecule has 0 radical (unpaired) electrons.